The SMILES string of the molecule is CCNC(=NCC1(SCC)CCOCC1)NC(C)c1ccccc1Br.I. The molecule has 148 valence electrons. The lowest BCUT2D eigenvalue weighted by Crippen LogP contribution is -2.42. The van der Waals surface area contributed by atoms with Crippen LogP contribution in [0.5, 0.6) is 0 Å². The number of rotatable bonds is 7. The second-order valence-electron chi connectivity index (χ2n) is 6.31. The van der Waals surface area contributed by atoms with Gasteiger partial charge in [0, 0.05) is 29.0 Å². The number of hydrogen-bond acceptors (Lipinski definition) is 3. The van der Waals surface area contributed by atoms with Gasteiger partial charge in [0.25, 0.3) is 0 Å². The molecule has 1 aliphatic rings. The van der Waals surface area contributed by atoms with Gasteiger partial charge in [-0.1, -0.05) is 41.1 Å². The zero-order chi connectivity index (χ0) is 18.1. The van der Waals surface area contributed by atoms with Crippen LogP contribution < -0.4 is 10.6 Å². The number of nitrogens with zero attached hydrogens (tertiary/aromatic N) is 1. The minimum atomic E-state index is 0. The van der Waals surface area contributed by atoms with Crippen molar-refractivity contribution < 1.29 is 4.74 Å². The van der Waals surface area contributed by atoms with Crippen molar-refractivity contribution in [1.29, 1.82) is 0 Å². The van der Waals surface area contributed by atoms with Crippen molar-refractivity contribution in [2.24, 2.45) is 4.99 Å². The molecule has 0 radical (unpaired) electrons. The van der Waals surface area contributed by atoms with Crippen LogP contribution in [0.4, 0.5) is 0 Å². The monoisotopic (exact) mass is 555 g/mol. The Balaban J connectivity index is 0.00000338. The van der Waals surface area contributed by atoms with Crippen molar-refractivity contribution in [2.75, 3.05) is 32.1 Å². The first kappa shape index (κ1) is 24.0. The first-order chi connectivity index (χ1) is 12.1. The molecule has 7 heteroatoms. The topological polar surface area (TPSA) is 45.7 Å². The number of benzene rings is 1. The quantitative estimate of drug-likeness (QED) is 0.283. The second kappa shape index (κ2) is 12.5. The molecule has 1 aliphatic heterocycles. The van der Waals surface area contributed by atoms with Gasteiger partial charge < -0.3 is 15.4 Å². The lowest BCUT2D eigenvalue weighted by molar-refractivity contribution is 0.0793. The molecule has 1 aromatic rings. The lowest BCUT2D eigenvalue weighted by Gasteiger charge is -2.35. The van der Waals surface area contributed by atoms with E-state index in [2.05, 4.69) is 65.5 Å². The van der Waals surface area contributed by atoms with Crippen molar-refractivity contribution in [3.63, 3.8) is 0 Å². The summed E-state index contributed by atoms with van der Waals surface area (Å²) in [6, 6.07) is 8.50. The average molecular weight is 556 g/mol. The van der Waals surface area contributed by atoms with Gasteiger partial charge in [-0.25, -0.2) is 0 Å². The largest absolute Gasteiger partial charge is 0.381 e. The molecule has 2 N–H and O–H groups in total. The van der Waals surface area contributed by atoms with Gasteiger partial charge in [0.1, 0.15) is 0 Å². The Morgan fingerprint density at radius 1 is 1.31 bits per heavy atom. The molecule has 1 aromatic carbocycles. The van der Waals surface area contributed by atoms with Crippen LogP contribution in [0.25, 0.3) is 0 Å². The van der Waals surface area contributed by atoms with Crippen LogP contribution >= 0.6 is 51.7 Å². The lowest BCUT2D eigenvalue weighted by atomic mass is 9.99. The number of ether oxygens (including phenoxy) is 1. The zero-order valence-electron chi connectivity index (χ0n) is 15.9. The third-order valence-electron chi connectivity index (χ3n) is 4.45. The molecule has 0 spiro atoms. The molecule has 1 unspecified atom stereocenters. The van der Waals surface area contributed by atoms with Gasteiger partial charge >= 0.3 is 0 Å². The van der Waals surface area contributed by atoms with E-state index in [-0.39, 0.29) is 34.8 Å². The van der Waals surface area contributed by atoms with Crippen molar-refractivity contribution in [2.45, 2.75) is 44.4 Å². The molecular weight excluding hydrogens is 525 g/mol. The Morgan fingerprint density at radius 2 is 2.00 bits per heavy atom. The Labute approximate surface area is 187 Å². The number of nitrogens with one attached hydrogen (secondary N) is 2. The summed E-state index contributed by atoms with van der Waals surface area (Å²) in [6.07, 6.45) is 2.16. The Morgan fingerprint density at radius 3 is 2.62 bits per heavy atom. The number of halogens is 2. The number of guanidine groups is 1. The summed E-state index contributed by atoms with van der Waals surface area (Å²) < 4.78 is 6.90. The van der Waals surface area contributed by atoms with Crippen molar-refractivity contribution >= 4 is 57.6 Å². The fourth-order valence-corrected chi connectivity index (χ4v) is 4.90. The summed E-state index contributed by atoms with van der Waals surface area (Å²) in [4.78, 5) is 4.93. The third kappa shape index (κ3) is 7.20. The first-order valence-electron chi connectivity index (χ1n) is 9.11. The standard InChI is InChI=1S/C19H30BrN3OS.HI/c1-4-21-18(23-15(3)16-8-6-7-9-17(16)20)22-14-19(25-5-2)10-12-24-13-11-19;/h6-9,15H,4-5,10-14H2,1-3H3,(H2,21,22,23);1H. The molecular formula is C19H31BrIN3OS. The minimum Gasteiger partial charge on any atom is -0.381 e. The summed E-state index contributed by atoms with van der Waals surface area (Å²) in [5.74, 6) is 2.00. The zero-order valence-corrected chi connectivity index (χ0v) is 20.6. The van der Waals surface area contributed by atoms with Crippen LogP contribution in [-0.4, -0.2) is 42.8 Å². The van der Waals surface area contributed by atoms with Crippen LogP contribution in [-0.2, 0) is 4.74 Å². The fraction of sp³-hybridized carbons (Fsp3) is 0.632. The molecule has 0 aromatic heterocycles. The van der Waals surface area contributed by atoms with E-state index in [0.29, 0.717) is 0 Å². The molecule has 1 saturated heterocycles. The highest BCUT2D eigenvalue weighted by Gasteiger charge is 2.32. The predicted octanol–water partition coefficient (Wildman–Crippen LogP) is 4.99. The van der Waals surface area contributed by atoms with E-state index < -0.39 is 0 Å². The second-order valence-corrected chi connectivity index (χ2v) is 8.90. The van der Waals surface area contributed by atoms with E-state index in [4.69, 9.17) is 9.73 Å². The van der Waals surface area contributed by atoms with Crippen LogP contribution in [0.2, 0.25) is 0 Å². The molecule has 1 atom stereocenters. The van der Waals surface area contributed by atoms with E-state index in [0.717, 1.165) is 55.3 Å². The van der Waals surface area contributed by atoms with Crippen LogP contribution in [0, 0.1) is 0 Å². The average Bonchev–Trinajstić information content (AvgIpc) is 2.61. The smallest absolute Gasteiger partial charge is 0.191 e. The van der Waals surface area contributed by atoms with Gasteiger partial charge in [0.2, 0.25) is 0 Å². The fourth-order valence-electron chi connectivity index (χ4n) is 3.05. The summed E-state index contributed by atoms with van der Waals surface area (Å²) >= 11 is 5.67. The number of thioether (sulfide) groups is 1. The molecule has 0 aliphatic carbocycles. The van der Waals surface area contributed by atoms with E-state index in [9.17, 15) is 0 Å². The predicted molar refractivity (Wildman–Crippen MR) is 128 cm³/mol. The number of hydrogen-bond donors (Lipinski definition) is 2. The summed E-state index contributed by atoms with van der Waals surface area (Å²) in [5, 5.41) is 6.93. The van der Waals surface area contributed by atoms with Gasteiger partial charge in [-0.3, -0.25) is 4.99 Å². The normalized spacial score (nSPS) is 17.9. The Bertz CT molecular complexity index is 562. The van der Waals surface area contributed by atoms with Crippen LogP contribution in [0.15, 0.2) is 33.7 Å². The van der Waals surface area contributed by atoms with Crippen LogP contribution in [0.1, 0.15) is 45.2 Å². The summed E-state index contributed by atoms with van der Waals surface area (Å²) in [6.45, 7) is 9.87. The van der Waals surface area contributed by atoms with E-state index >= 15 is 0 Å². The van der Waals surface area contributed by atoms with Crippen molar-refractivity contribution in [3.8, 4) is 0 Å². The maximum absolute atomic E-state index is 5.56. The molecule has 0 amide bonds. The Kier molecular flexibility index (Phi) is 11.5. The van der Waals surface area contributed by atoms with E-state index in [1.807, 2.05) is 17.8 Å². The van der Waals surface area contributed by atoms with E-state index in [1.54, 1.807) is 0 Å². The highest BCUT2D eigenvalue weighted by atomic mass is 127. The van der Waals surface area contributed by atoms with Gasteiger partial charge in [0.15, 0.2) is 5.96 Å². The van der Waals surface area contributed by atoms with Crippen LogP contribution in [0.3, 0.4) is 0 Å². The molecule has 26 heavy (non-hydrogen) atoms. The molecule has 1 fully saturated rings. The summed E-state index contributed by atoms with van der Waals surface area (Å²) in [5.41, 5.74) is 1.23. The maximum Gasteiger partial charge on any atom is 0.191 e. The highest BCUT2D eigenvalue weighted by Crippen LogP contribution is 2.35. The first-order valence-corrected chi connectivity index (χ1v) is 10.9. The van der Waals surface area contributed by atoms with Gasteiger partial charge in [0.05, 0.1) is 12.6 Å². The van der Waals surface area contributed by atoms with Crippen molar-refractivity contribution in [3.05, 3.63) is 34.3 Å². The van der Waals surface area contributed by atoms with E-state index in [1.165, 1.54) is 5.56 Å². The third-order valence-corrected chi connectivity index (χ3v) is 6.61. The van der Waals surface area contributed by atoms with Gasteiger partial charge in [-0.15, -0.1) is 24.0 Å². The number of aliphatic imine (C=N–C) groups is 1. The van der Waals surface area contributed by atoms with Crippen molar-refractivity contribution in [1.82, 2.24) is 10.6 Å². The molecule has 1 heterocycles. The molecule has 0 saturated carbocycles. The molecule has 2 rings (SSSR count). The van der Waals surface area contributed by atoms with Gasteiger partial charge in [-0.05, 0) is 44.1 Å². The molecule has 0 bridgehead atoms. The highest BCUT2D eigenvalue weighted by molar-refractivity contribution is 14.0. The minimum absolute atomic E-state index is 0. The maximum atomic E-state index is 5.56. The summed E-state index contributed by atoms with van der Waals surface area (Å²) in [7, 11) is 0. The Hall–Kier alpha value is 0.01000. The van der Waals surface area contributed by atoms with Gasteiger partial charge in [-0.2, -0.15) is 11.8 Å². The molecule has 4 nitrogen and oxygen atoms in total.